The fourth-order valence-electron chi connectivity index (χ4n) is 3.01. The van der Waals surface area contributed by atoms with Crippen molar-refractivity contribution in [3.63, 3.8) is 0 Å². The van der Waals surface area contributed by atoms with Crippen LogP contribution < -0.4 is 10.9 Å². The fourth-order valence-corrected chi connectivity index (χ4v) is 3.01. The largest absolute Gasteiger partial charge is 0.507 e. The molecule has 2 heterocycles. The lowest BCUT2D eigenvalue weighted by atomic mass is 10.0. The molecule has 128 valence electrons. The number of nitrogens with zero attached hydrogens (tertiary/aromatic N) is 1. The molecule has 24 heavy (non-hydrogen) atoms. The topological polar surface area (TPSA) is 54.3 Å². The van der Waals surface area contributed by atoms with E-state index in [9.17, 15) is 23.1 Å². The highest BCUT2D eigenvalue weighted by molar-refractivity contribution is 5.69. The zero-order valence-electron chi connectivity index (χ0n) is 12.8. The molecule has 4 nitrogen and oxygen atoms in total. The summed E-state index contributed by atoms with van der Waals surface area (Å²) in [6.45, 7) is 1.58. The van der Waals surface area contributed by atoms with Gasteiger partial charge in [-0.05, 0) is 49.7 Å². The monoisotopic (exact) mass is 338 g/mol. The van der Waals surface area contributed by atoms with Gasteiger partial charge in [-0.2, -0.15) is 13.2 Å². The van der Waals surface area contributed by atoms with Crippen LogP contribution in [0.2, 0.25) is 0 Å². The third-order valence-corrected chi connectivity index (χ3v) is 4.25. The average molecular weight is 338 g/mol. The number of hydrogen-bond acceptors (Lipinski definition) is 3. The summed E-state index contributed by atoms with van der Waals surface area (Å²) in [4.78, 5) is 12.7. The number of nitrogens with one attached hydrogen (secondary N) is 1. The molecule has 1 aromatic carbocycles. The SMILES string of the molecule is O=c1c(-c2ccc(C(F)(F)F)cc2O)cccn1[C@@H]1CCCNC1. The van der Waals surface area contributed by atoms with E-state index < -0.39 is 17.5 Å². The van der Waals surface area contributed by atoms with Crippen LogP contribution in [0.3, 0.4) is 0 Å². The molecule has 1 aromatic heterocycles. The lowest BCUT2D eigenvalue weighted by Crippen LogP contribution is -2.36. The van der Waals surface area contributed by atoms with Crippen LogP contribution in [-0.4, -0.2) is 22.8 Å². The molecular weight excluding hydrogens is 321 g/mol. The van der Waals surface area contributed by atoms with Gasteiger partial charge >= 0.3 is 6.18 Å². The Labute approximate surface area is 136 Å². The number of phenolic OH excluding ortho intramolecular Hbond substituents is 1. The molecule has 0 spiro atoms. The summed E-state index contributed by atoms with van der Waals surface area (Å²) < 4.78 is 39.7. The molecule has 1 saturated heterocycles. The second-order valence-corrected chi connectivity index (χ2v) is 5.86. The van der Waals surface area contributed by atoms with Crippen LogP contribution in [0, 0.1) is 0 Å². The summed E-state index contributed by atoms with van der Waals surface area (Å²) in [5.74, 6) is -0.554. The number of aromatic hydroxyl groups is 1. The summed E-state index contributed by atoms with van der Waals surface area (Å²) >= 11 is 0. The van der Waals surface area contributed by atoms with Crippen LogP contribution >= 0.6 is 0 Å². The number of benzene rings is 1. The second kappa shape index (κ2) is 6.32. The van der Waals surface area contributed by atoms with E-state index >= 15 is 0 Å². The number of aromatic nitrogens is 1. The van der Waals surface area contributed by atoms with E-state index in [1.807, 2.05) is 0 Å². The van der Waals surface area contributed by atoms with Crippen LogP contribution in [-0.2, 0) is 6.18 Å². The molecule has 7 heteroatoms. The Morgan fingerprint density at radius 2 is 2.00 bits per heavy atom. The summed E-state index contributed by atoms with van der Waals surface area (Å²) in [6.07, 6.45) is -1.06. The first-order valence-corrected chi connectivity index (χ1v) is 7.70. The highest BCUT2D eigenvalue weighted by atomic mass is 19.4. The lowest BCUT2D eigenvalue weighted by Gasteiger charge is -2.25. The first kappa shape index (κ1) is 16.6. The third kappa shape index (κ3) is 3.17. The van der Waals surface area contributed by atoms with Crippen molar-refractivity contribution < 1.29 is 18.3 Å². The van der Waals surface area contributed by atoms with Gasteiger partial charge < -0.3 is 15.0 Å². The quantitative estimate of drug-likeness (QED) is 0.884. The fraction of sp³-hybridized carbons (Fsp3) is 0.353. The van der Waals surface area contributed by atoms with Crippen LogP contribution in [0.1, 0.15) is 24.4 Å². The molecule has 0 radical (unpaired) electrons. The van der Waals surface area contributed by atoms with E-state index in [0.29, 0.717) is 12.6 Å². The van der Waals surface area contributed by atoms with E-state index in [4.69, 9.17) is 0 Å². The molecule has 1 fully saturated rings. The number of pyridine rings is 1. The maximum absolute atomic E-state index is 12.7. The first-order valence-electron chi connectivity index (χ1n) is 7.70. The van der Waals surface area contributed by atoms with Gasteiger partial charge in [0, 0.05) is 24.3 Å². The number of alkyl halides is 3. The molecule has 0 saturated carbocycles. The van der Waals surface area contributed by atoms with E-state index in [1.54, 1.807) is 16.8 Å². The van der Waals surface area contributed by atoms with E-state index in [1.165, 1.54) is 6.07 Å². The van der Waals surface area contributed by atoms with Crippen molar-refractivity contribution in [3.8, 4) is 16.9 Å². The minimum Gasteiger partial charge on any atom is -0.507 e. The Kier molecular flexibility index (Phi) is 4.36. The van der Waals surface area contributed by atoms with Gasteiger partial charge in [0.05, 0.1) is 11.1 Å². The van der Waals surface area contributed by atoms with Gasteiger partial charge in [-0.1, -0.05) is 0 Å². The van der Waals surface area contributed by atoms with Crippen LogP contribution in [0.5, 0.6) is 5.75 Å². The summed E-state index contributed by atoms with van der Waals surface area (Å²) in [6, 6.07) is 5.84. The van der Waals surface area contributed by atoms with E-state index in [0.717, 1.165) is 31.5 Å². The number of halogens is 3. The molecule has 0 amide bonds. The molecule has 0 bridgehead atoms. The maximum atomic E-state index is 12.7. The number of rotatable bonds is 2. The molecule has 0 aliphatic carbocycles. The van der Waals surface area contributed by atoms with Crippen molar-refractivity contribution in [3.05, 3.63) is 52.4 Å². The predicted octanol–water partition coefficient (Wildman–Crippen LogP) is 3.16. The minimum atomic E-state index is -4.54. The smallest absolute Gasteiger partial charge is 0.416 e. The van der Waals surface area contributed by atoms with Gasteiger partial charge in [0.2, 0.25) is 0 Å². The summed E-state index contributed by atoms with van der Waals surface area (Å²) in [7, 11) is 0. The normalized spacial score (nSPS) is 18.5. The zero-order valence-corrected chi connectivity index (χ0v) is 12.8. The zero-order chi connectivity index (χ0) is 17.3. The van der Waals surface area contributed by atoms with Gasteiger partial charge in [0.1, 0.15) is 5.75 Å². The highest BCUT2D eigenvalue weighted by Gasteiger charge is 2.31. The van der Waals surface area contributed by atoms with Crippen molar-refractivity contribution >= 4 is 0 Å². The predicted molar refractivity (Wildman–Crippen MR) is 83.9 cm³/mol. The molecule has 1 aliphatic heterocycles. The molecule has 1 aliphatic rings. The lowest BCUT2D eigenvalue weighted by molar-refractivity contribution is -0.137. The average Bonchev–Trinajstić information content (AvgIpc) is 2.55. The molecule has 1 atom stereocenters. The van der Waals surface area contributed by atoms with E-state index in [2.05, 4.69) is 5.32 Å². The van der Waals surface area contributed by atoms with Crippen LogP contribution in [0.25, 0.3) is 11.1 Å². The standard InChI is InChI=1S/C17H17F3N2O2/c18-17(19,20)11-5-6-13(15(23)9-11)14-4-2-8-22(16(14)24)12-3-1-7-21-10-12/h2,4-6,8-9,12,21,23H,1,3,7,10H2/t12-/m1/s1. The third-order valence-electron chi connectivity index (χ3n) is 4.25. The summed E-state index contributed by atoms with van der Waals surface area (Å²) in [5.41, 5.74) is -0.974. The summed E-state index contributed by atoms with van der Waals surface area (Å²) in [5, 5.41) is 13.2. The van der Waals surface area contributed by atoms with Crippen molar-refractivity contribution in [1.82, 2.24) is 9.88 Å². The van der Waals surface area contributed by atoms with Crippen molar-refractivity contribution in [2.45, 2.75) is 25.1 Å². The van der Waals surface area contributed by atoms with Crippen LogP contribution in [0.15, 0.2) is 41.3 Å². The molecular formula is C17H17F3N2O2. The molecule has 2 N–H and O–H groups in total. The Balaban J connectivity index is 2.03. The van der Waals surface area contributed by atoms with Gasteiger partial charge in [0.25, 0.3) is 5.56 Å². The molecule has 0 unspecified atom stereocenters. The van der Waals surface area contributed by atoms with Crippen LogP contribution in [0.4, 0.5) is 13.2 Å². The Hall–Kier alpha value is -2.28. The first-order chi connectivity index (χ1) is 11.4. The van der Waals surface area contributed by atoms with Gasteiger partial charge in [0.15, 0.2) is 0 Å². The van der Waals surface area contributed by atoms with Gasteiger partial charge in [-0.25, -0.2) is 0 Å². The second-order valence-electron chi connectivity index (χ2n) is 5.86. The Bertz CT molecular complexity index is 793. The molecule has 2 aromatic rings. The van der Waals surface area contributed by atoms with Crippen molar-refractivity contribution in [1.29, 1.82) is 0 Å². The number of hydrogen-bond donors (Lipinski definition) is 2. The Morgan fingerprint density at radius 3 is 2.62 bits per heavy atom. The Morgan fingerprint density at radius 1 is 1.21 bits per heavy atom. The number of piperidine rings is 1. The van der Waals surface area contributed by atoms with Gasteiger partial charge in [-0.3, -0.25) is 4.79 Å². The maximum Gasteiger partial charge on any atom is 0.416 e. The minimum absolute atomic E-state index is 0.00258. The highest BCUT2D eigenvalue weighted by Crippen LogP contribution is 2.35. The van der Waals surface area contributed by atoms with E-state index in [-0.39, 0.29) is 22.7 Å². The van der Waals surface area contributed by atoms with Crippen molar-refractivity contribution in [2.75, 3.05) is 13.1 Å². The van der Waals surface area contributed by atoms with Crippen molar-refractivity contribution in [2.24, 2.45) is 0 Å². The molecule has 3 rings (SSSR count). The van der Waals surface area contributed by atoms with Gasteiger partial charge in [-0.15, -0.1) is 0 Å². The number of phenols is 1.